The van der Waals surface area contributed by atoms with Crippen molar-refractivity contribution < 1.29 is 19.1 Å². The Hall–Kier alpha value is -3.60. The van der Waals surface area contributed by atoms with E-state index in [0.717, 1.165) is 36.8 Å². The quantitative estimate of drug-likeness (QED) is 0.273. The molecule has 0 bridgehead atoms. The molecule has 0 aliphatic heterocycles. The Morgan fingerprint density at radius 1 is 0.788 bits per heavy atom. The summed E-state index contributed by atoms with van der Waals surface area (Å²) < 4.78 is 10.9. The highest BCUT2D eigenvalue weighted by atomic mass is 16.5. The van der Waals surface area contributed by atoms with Crippen LogP contribution in [0, 0.1) is 6.92 Å². The van der Waals surface area contributed by atoms with Gasteiger partial charge in [0.25, 0.3) is 5.91 Å². The summed E-state index contributed by atoms with van der Waals surface area (Å²) in [5.74, 6) is 0.00342. The lowest BCUT2D eigenvalue weighted by atomic mass is 10.0. The standard InChI is InChI=1S/C28H31NO4/c1-3-4-5-6-19-32-28(31)24-11-15-25(16-12-24)29-27(30)20-33-26-17-13-23(14-18-26)22-9-7-21(2)8-10-22/h7-18H,3-6,19-20H2,1-2H3,(H,29,30). The molecule has 0 aliphatic rings. The van der Waals surface area contributed by atoms with Gasteiger partial charge in [-0.3, -0.25) is 4.79 Å². The number of unbranched alkanes of at least 4 members (excludes halogenated alkanes) is 3. The molecular weight excluding hydrogens is 414 g/mol. The van der Waals surface area contributed by atoms with Crippen LogP contribution in [0.5, 0.6) is 5.75 Å². The molecule has 3 aromatic carbocycles. The molecule has 1 amide bonds. The monoisotopic (exact) mass is 445 g/mol. The molecule has 0 unspecified atom stereocenters. The first-order valence-electron chi connectivity index (χ1n) is 11.4. The topological polar surface area (TPSA) is 64.6 Å². The molecule has 3 aromatic rings. The number of anilines is 1. The maximum atomic E-state index is 12.2. The molecule has 0 heterocycles. The fraction of sp³-hybridized carbons (Fsp3) is 0.286. The van der Waals surface area contributed by atoms with Gasteiger partial charge in [0, 0.05) is 5.69 Å². The highest BCUT2D eigenvalue weighted by Crippen LogP contribution is 2.23. The van der Waals surface area contributed by atoms with Crippen LogP contribution in [0.3, 0.4) is 0 Å². The van der Waals surface area contributed by atoms with Crippen molar-refractivity contribution in [2.75, 3.05) is 18.5 Å². The molecule has 1 N–H and O–H groups in total. The normalized spacial score (nSPS) is 10.5. The molecule has 0 fully saturated rings. The molecule has 0 spiro atoms. The average Bonchev–Trinajstić information content (AvgIpc) is 2.84. The third-order valence-electron chi connectivity index (χ3n) is 5.24. The summed E-state index contributed by atoms with van der Waals surface area (Å²) in [6.07, 6.45) is 4.23. The third kappa shape index (κ3) is 7.79. The molecule has 5 nitrogen and oxygen atoms in total. The minimum absolute atomic E-state index is 0.106. The minimum atomic E-state index is -0.346. The number of hydrogen-bond acceptors (Lipinski definition) is 4. The number of aryl methyl sites for hydroxylation is 1. The Labute approximate surface area is 195 Å². The van der Waals surface area contributed by atoms with Crippen LogP contribution < -0.4 is 10.1 Å². The van der Waals surface area contributed by atoms with E-state index < -0.39 is 0 Å². The van der Waals surface area contributed by atoms with Crippen molar-refractivity contribution in [2.45, 2.75) is 39.5 Å². The number of carbonyl (C=O) groups excluding carboxylic acids is 2. The largest absolute Gasteiger partial charge is 0.484 e. The van der Waals surface area contributed by atoms with Crippen LogP contribution in [0.1, 0.15) is 48.5 Å². The number of rotatable bonds is 11. The van der Waals surface area contributed by atoms with E-state index in [-0.39, 0.29) is 18.5 Å². The lowest BCUT2D eigenvalue weighted by molar-refractivity contribution is -0.118. The molecule has 0 aliphatic carbocycles. The van der Waals surface area contributed by atoms with Gasteiger partial charge in [-0.15, -0.1) is 0 Å². The van der Waals surface area contributed by atoms with Gasteiger partial charge in [0.1, 0.15) is 5.75 Å². The van der Waals surface area contributed by atoms with Gasteiger partial charge < -0.3 is 14.8 Å². The Morgan fingerprint density at radius 3 is 2.06 bits per heavy atom. The van der Waals surface area contributed by atoms with Crippen LogP contribution in [0.25, 0.3) is 11.1 Å². The Balaban J connectivity index is 1.43. The summed E-state index contributed by atoms with van der Waals surface area (Å²) in [5, 5.41) is 2.77. The number of carbonyl (C=O) groups is 2. The minimum Gasteiger partial charge on any atom is -0.484 e. The van der Waals surface area contributed by atoms with E-state index in [9.17, 15) is 9.59 Å². The van der Waals surface area contributed by atoms with Gasteiger partial charge in [0.2, 0.25) is 0 Å². The summed E-state index contributed by atoms with van der Waals surface area (Å²) in [6.45, 7) is 4.53. The summed E-state index contributed by atoms with van der Waals surface area (Å²) in [6, 6.07) is 22.6. The van der Waals surface area contributed by atoms with Crippen molar-refractivity contribution in [1.29, 1.82) is 0 Å². The van der Waals surface area contributed by atoms with E-state index in [1.807, 2.05) is 24.3 Å². The Bertz CT molecular complexity index is 1030. The Kier molecular flexibility index (Phi) is 9.07. The van der Waals surface area contributed by atoms with E-state index in [1.165, 1.54) is 5.56 Å². The van der Waals surface area contributed by atoms with Gasteiger partial charge in [-0.2, -0.15) is 0 Å². The van der Waals surface area contributed by atoms with E-state index in [0.29, 0.717) is 23.6 Å². The molecule has 33 heavy (non-hydrogen) atoms. The van der Waals surface area contributed by atoms with E-state index in [2.05, 4.69) is 43.4 Å². The molecule has 0 radical (unpaired) electrons. The summed E-state index contributed by atoms with van der Waals surface area (Å²) in [5.41, 5.74) is 4.50. The number of benzene rings is 3. The van der Waals surface area contributed by atoms with Crippen LogP contribution in [0.4, 0.5) is 5.69 Å². The van der Waals surface area contributed by atoms with Crippen molar-refractivity contribution in [1.82, 2.24) is 0 Å². The zero-order valence-electron chi connectivity index (χ0n) is 19.3. The highest BCUT2D eigenvalue weighted by Gasteiger charge is 2.09. The second kappa shape index (κ2) is 12.4. The lowest BCUT2D eigenvalue weighted by Gasteiger charge is -2.09. The number of nitrogens with one attached hydrogen (secondary N) is 1. The van der Waals surface area contributed by atoms with Gasteiger partial charge in [0.15, 0.2) is 6.61 Å². The number of ether oxygens (including phenoxy) is 2. The van der Waals surface area contributed by atoms with Crippen LogP contribution in [0.15, 0.2) is 72.8 Å². The van der Waals surface area contributed by atoms with Gasteiger partial charge in [-0.05, 0) is 60.9 Å². The first-order chi connectivity index (χ1) is 16.0. The first-order valence-corrected chi connectivity index (χ1v) is 11.4. The van der Waals surface area contributed by atoms with Crippen molar-refractivity contribution >= 4 is 17.6 Å². The van der Waals surface area contributed by atoms with E-state index >= 15 is 0 Å². The lowest BCUT2D eigenvalue weighted by Crippen LogP contribution is -2.20. The maximum Gasteiger partial charge on any atom is 0.338 e. The molecule has 0 atom stereocenters. The summed E-state index contributed by atoms with van der Waals surface area (Å²) >= 11 is 0. The van der Waals surface area contributed by atoms with Crippen molar-refractivity contribution in [3.63, 3.8) is 0 Å². The smallest absolute Gasteiger partial charge is 0.338 e. The molecule has 3 rings (SSSR count). The molecule has 0 saturated carbocycles. The number of esters is 1. The van der Waals surface area contributed by atoms with Gasteiger partial charge in [-0.1, -0.05) is 68.1 Å². The summed E-state index contributed by atoms with van der Waals surface area (Å²) in [4.78, 5) is 24.3. The number of hydrogen-bond donors (Lipinski definition) is 1. The Morgan fingerprint density at radius 2 is 1.42 bits per heavy atom. The first kappa shape index (κ1) is 24.1. The second-order valence-corrected chi connectivity index (χ2v) is 8.00. The fourth-order valence-corrected chi connectivity index (χ4v) is 3.30. The van der Waals surface area contributed by atoms with Crippen LogP contribution in [-0.4, -0.2) is 25.1 Å². The zero-order valence-corrected chi connectivity index (χ0v) is 19.3. The van der Waals surface area contributed by atoms with Crippen molar-refractivity contribution in [3.8, 4) is 16.9 Å². The van der Waals surface area contributed by atoms with E-state index in [4.69, 9.17) is 9.47 Å². The van der Waals surface area contributed by atoms with Crippen LogP contribution in [-0.2, 0) is 9.53 Å². The van der Waals surface area contributed by atoms with Gasteiger partial charge in [-0.25, -0.2) is 4.79 Å². The average molecular weight is 446 g/mol. The third-order valence-corrected chi connectivity index (χ3v) is 5.24. The van der Waals surface area contributed by atoms with Crippen molar-refractivity contribution in [3.05, 3.63) is 83.9 Å². The fourth-order valence-electron chi connectivity index (χ4n) is 3.30. The molecule has 0 aromatic heterocycles. The summed E-state index contributed by atoms with van der Waals surface area (Å²) in [7, 11) is 0. The molecule has 0 saturated heterocycles. The SMILES string of the molecule is CCCCCCOC(=O)c1ccc(NC(=O)COc2ccc(-c3ccc(C)cc3)cc2)cc1. The highest BCUT2D eigenvalue weighted by molar-refractivity contribution is 5.93. The van der Waals surface area contributed by atoms with E-state index in [1.54, 1.807) is 24.3 Å². The molecule has 172 valence electrons. The predicted molar refractivity (Wildman–Crippen MR) is 132 cm³/mol. The van der Waals surface area contributed by atoms with Crippen LogP contribution >= 0.6 is 0 Å². The van der Waals surface area contributed by atoms with Gasteiger partial charge in [0.05, 0.1) is 12.2 Å². The maximum absolute atomic E-state index is 12.2. The zero-order chi connectivity index (χ0) is 23.5. The molecule has 5 heteroatoms. The van der Waals surface area contributed by atoms with Gasteiger partial charge >= 0.3 is 5.97 Å². The predicted octanol–water partition coefficient (Wildman–Crippen LogP) is 6.42. The van der Waals surface area contributed by atoms with Crippen LogP contribution in [0.2, 0.25) is 0 Å². The number of amides is 1. The second-order valence-electron chi connectivity index (χ2n) is 8.00. The van der Waals surface area contributed by atoms with Crippen molar-refractivity contribution in [2.24, 2.45) is 0 Å². The molecular formula is C28H31NO4.